The molecule has 1 saturated heterocycles. The number of piperidine rings is 1. The molecule has 1 atom stereocenters. The lowest BCUT2D eigenvalue weighted by Gasteiger charge is -2.33. The SMILES string of the molecule is CC(Cc1ccc(F)cc1)NC1CCN(CC(N)=O)CC1. The highest BCUT2D eigenvalue weighted by Crippen LogP contribution is 2.12. The van der Waals surface area contributed by atoms with Crippen molar-refractivity contribution in [2.75, 3.05) is 19.6 Å². The first-order valence-electron chi connectivity index (χ1n) is 7.54. The van der Waals surface area contributed by atoms with Crippen LogP contribution in [-0.2, 0) is 11.2 Å². The second-order valence-electron chi connectivity index (χ2n) is 5.92. The van der Waals surface area contributed by atoms with E-state index in [1.807, 2.05) is 12.1 Å². The normalized spacial score (nSPS) is 18.6. The largest absolute Gasteiger partial charge is 0.369 e. The van der Waals surface area contributed by atoms with Gasteiger partial charge < -0.3 is 11.1 Å². The summed E-state index contributed by atoms with van der Waals surface area (Å²) in [6.45, 7) is 4.32. The van der Waals surface area contributed by atoms with Crippen LogP contribution in [0.2, 0.25) is 0 Å². The monoisotopic (exact) mass is 293 g/mol. The molecule has 0 bridgehead atoms. The minimum Gasteiger partial charge on any atom is -0.369 e. The van der Waals surface area contributed by atoms with Crippen LogP contribution < -0.4 is 11.1 Å². The van der Waals surface area contributed by atoms with E-state index >= 15 is 0 Å². The Morgan fingerprint density at radius 3 is 2.57 bits per heavy atom. The summed E-state index contributed by atoms with van der Waals surface area (Å²) >= 11 is 0. The zero-order chi connectivity index (χ0) is 15.2. The summed E-state index contributed by atoms with van der Waals surface area (Å²) in [5.74, 6) is -0.452. The number of benzene rings is 1. The third-order valence-electron chi connectivity index (χ3n) is 3.94. The first-order chi connectivity index (χ1) is 10.0. The Bertz CT molecular complexity index is 455. The van der Waals surface area contributed by atoms with Crippen molar-refractivity contribution in [3.63, 3.8) is 0 Å². The van der Waals surface area contributed by atoms with Gasteiger partial charge >= 0.3 is 0 Å². The van der Waals surface area contributed by atoms with Crippen molar-refractivity contribution in [1.29, 1.82) is 0 Å². The lowest BCUT2D eigenvalue weighted by molar-refractivity contribution is -0.119. The standard InChI is InChI=1S/C16H24FN3O/c1-12(10-13-2-4-14(17)5-3-13)19-15-6-8-20(9-7-15)11-16(18)21/h2-5,12,15,19H,6-11H2,1H3,(H2,18,21). The molecule has 0 aliphatic carbocycles. The van der Waals surface area contributed by atoms with Crippen LogP contribution >= 0.6 is 0 Å². The van der Waals surface area contributed by atoms with Gasteiger partial charge in [0.15, 0.2) is 0 Å². The van der Waals surface area contributed by atoms with Crippen molar-refractivity contribution >= 4 is 5.91 Å². The molecule has 4 nitrogen and oxygen atoms in total. The highest BCUT2D eigenvalue weighted by molar-refractivity contribution is 5.75. The Labute approximate surface area is 125 Å². The molecule has 1 fully saturated rings. The Kier molecular flexibility index (Phi) is 5.70. The average Bonchev–Trinajstić information content (AvgIpc) is 2.43. The van der Waals surface area contributed by atoms with E-state index in [-0.39, 0.29) is 11.7 Å². The molecule has 0 radical (unpaired) electrons. The van der Waals surface area contributed by atoms with Gasteiger partial charge in [-0.3, -0.25) is 9.69 Å². The molecule has 5 heteroatoms. The summed E-state index contributed by atoms with van der Waals surface area (Å²) in [5, 5.41) is 3.62. The summed E-state index contributed by atoms with van der Waals surface area (Å²) in [6, 6.07) is 7.51. The van der Waals surface area contributed by atoms with E-state index in [2.05, 4.69) is 17.1 Å². The van der Waals surface area contributed by atoms with E-state index in [0.29, 0.717) is 18.6 Å². The van der Waals surface area contributed by atoms with Crippen molar-refractivity contribution < 1.29 is 9.18 Å². The van der Waals surface area contributed by atoms with Gasteiger partial charge in [0.1, 0.15) is 5.82 Å². The first-order valence-corrected chi connectivity index (χ1v) is 7.54. The molecule has 2 rings (SSSR count). The van der Waals surface area contributed by atoms with E-state index in [4.69, 9.17) is 5.73 Å². The van der Waals surface area contributed by atoms with Gasteiger partial charge in [-0.2, -0.15) is 0 Å². The quantitative estimate of drug-likeness (QED) is 0.831. The molecule has 0 spiro atoms. The van der Waals surface area contributed by atoms with Crippen LogP contribution in [0.4, 0.5) is 4.39 Å². The number of amides is 1. The number of carbonyl (C=O) groups excluding carboxylic acids is 1. The molecular formula is C16H24FN3O. The molecule has 1 aromatic rings. The van der Waals surface area contributed by atoms with Crippen molar-refractivity contribution in [2.45, 2.75) is 38.3 Å². The molecular weight excluding hydrogens is 269 g/mol. The Balaban J connectivity index is 1.72. The van der Waals surface area contributed by atoms with Gasteiger partial charge in [0.25, 0.3) is 0 Å². The van der Waals surface area contributed by atoms with Gasteiger partial charge in [0.05, 0.1) is 6.54 Å². The minimum absolute atomic E-state index is 0.193. The summed E-state index contributed by atoms with van der Waals surface area (Å²) in [4.78, 5) is 13.0. The molecule has 1 amide bonds. The Hall–Kier alpha value is -1.46. The lowest BCUT2D eigenvalue weighted by Crippen LogP contribution is -2.47. The van der Waals surface area contributed by atoms with Crippen molar-refractivity contribution in [3.05, 3.63) is 35.6 Å². The molecule has 1 aliphatic rings. The van der Waals surface area contributed by atoms with Crippen LogP contribution in [0.5, 0.6) is 0 Å². The number of likely N-dealkylation sites (tertiary alicyclic amines) is 1. The highest BCUT2D eigenvalue weighted by Gasteiger charge is 2.21. The van der Waals surface area contributed by atoms with Crippen LogP contribution in [-0.4, -0.2) is 42.5 Å². The maximum absolute atomic E-state index is 12.9. The van der Waals surface area contributed by atoms with Crippen molar-refractivity contribution in [1.82, 2.24) is 10.2 Å². The molecule has 1 aliphatic heterocycles. The number of rotatable bonds is 6. The summed E-state index contributed by atoms with van der Waals surface area (Å²) < 4.78 is 12.9. The van der Waals surface area contributed by atoms with Gasteiger partial charge in [-0.1, -0.05) is 12.1 Å². The molecule has 21 heavy (non-hydrogen) atoms. The average molecular weight is 293 g/mol. The summed E-state index contributed by atoms with van der Waals surface area (Å²) in [5.41, 5.74) is 6.35. The smallest absolute Gasteiger partial charge is 0.231 e. The third-order valence-corrected chi connectivity index (χ3v) is 3.94. The van der Waals surface area contributed by atoms with Crippen molar-refractivity contribution in [2.24, 2.45) is 5.73 Å². The van der Waals surface area contributed by atoms with Crippen molar-refractivity contribution in [3.8, 4) is 0 Å². The van der Waals surface area contributed by atoms with Crippen LogP contribution in [0, 0.1) is 5.82 Å². The lowest BCUT2D eigenvalue weighted by atomic mass is 10.0. The Morgan fingerprint density at radius 2 is 2.00 bits per heavy atom. The minimum atomic E-state index is -0.258. The van der Waals surface area contributed by atoms with Gasteiger partial charge in [-0.05, 0) is 43.9 Å². The molecule has 1 aromatic carbocycles. The fraction of sp³-hybridized carbons (Fsp3) is 0.562. The Morgan fingerprint density at radius 1 is 1.38 bits per heavy atom. The van der Waals surface area contributed by atoms with Gasteiger partial charge in [-0.15, -0.1) is 0 Å². The second kappa shape index (κ2) is 7.52. The topological polar surface area (TPSA) is 58.4 Å². The van der Waals surface area contributed by atoms with Crippen LogP contribution in [0.1, 0.15) is 25.3 Å². The summed E-state index contributed by atoms with van der Waals surface area (Å²) in [7, 11) is 0. The third kappa shape index (κ3) is 5.44. The van der Waals surface area contributed by atoms with Gasteiger partial charge in [-0.25, -0.2) is 4.39 Å². The van der Waals surface area contributed by atoms with Crippen LogP contribution in [0.25, 0.3) is 0 Å². The number of hydrogen-bond donors (Lipinski definition) is 2. The second-order valence-corrected chi connectivity index (χ2v) is 5.92. The zero-order valence-electron chi connectivity index (χ0n) is 12.5. The number of halogens is 1. The van der Waals surface area contributed by atoms with Crippen LogP contribution in [0.15, 0.2) is 24.3 Å². The number of hydrogen-bond acceptors (Lipinski definition) is 3. The molecule has 0 aromatic heterocycles. The molecule has 0 saturated carbocycles. The summed E-state index contributed by atoms with van der Waals surface area (Å²) in [6.07, 6.45) is 2.95. The number of primary amides is 1. The van der Waals surface area contributed by atoms with Gasteiger partial charge in [0, 0.05) is 25.2 Å². The predicted molar refractivity (Wildman–Crippen MR) is 81.4 cm³/mol. The number of nitrogens with zero attached hydrogens (tertiary/aromatic N) is 1. The molecule has 116 valence electrons. The van der Waals surface area contributed by atoms with E-state index in [1.54, 1.807) is 0 Å². The fourth-order valence-corrected chi connectivity index (χ4v) is 2.91. The van der Waals surface area contributed by atoms with Crippen LogP contribution in [0.3, 0.4) is 0 Å². The molecule has 3 N–H and O–H groups in total. The maximum atomic E-state index is 12.9. The highest BCUT2D eigenvalue weighted by atomic mass is 19.1. The fourth-order valence-electron chi connectivity index (χ4n) is 2.91. The molecule has 1 heterocycles. The number of nitrogens with one attached hydrogen (secondary N) is 1. The molecule has 1 unspecified atom stereocenters. The first kappa shape index (κ1) is 15.9. The zero-order valence-corrected chi connectivity index (χ0v) is 12.5. The number of carbonyl (C=O) groups is 1. The maximum Gasteiger partial charge on any atom is 0.231 e. The van der Waals surface area contributed by atoms with E-state index in [1.165, 1.54) is 12.1 Å². The van der Waals surface area contributed by atoms with E-state index in [0.717, 1.165) is 37.9 Å². The van der Waals surface area contributed by atoms with E-state index < -0.39 is 0 Å². The van der Waals surface area contributed by atoms with E-state index in [9.17, 15) is 9.18 Å². The van der Waals surface area contributed by atoms with Gasteiger partial charge in [0.2, 0.25) is 5.91 Å². The predicted octanol–water partition coefficient (Wildman–Crippen LogP) is 1.30. The number of nitrogens with two attached hydrogens (primary N) is 1.